The predicted molar refractivity (Wildman–Crippen MR) is 79.1 cm³/mol. The molecule has 0 fully saturated rings. The van der Waals surface area contributed by atoms with Crippen LogP contribution < -0.4 is 5.32 Å². The Labute approximate surface area is 117 Å². The molecule has 0 aliphatic heterocycles. The maximum absolute atomic E-state index is 4.46. The third-order valence-electron chi connectivity index (χ3n) is 3.17. The van der Waals surface area contributed by atoms with Gasteiger partial charge in [-0.2, -0.15) is 0 Å². The molecule has 0 bridgehead atoms. The van der Waals surface area contributed by atoms with E-state index in [0.29, 0.717) is 0 Å². The van der Waals surface area contributed by atoms with E-state index < -0.39 is 0 Å². The van der Waals surface area contributed by atoms with E-state index in [0.717, 1.165) is 30.1 Å². The van der Waals surface area contributed by atoms with Crippen LogP contribution in [-0.4, -0.2) is 15.0 Å². The van der Waals surface area contributed by atoms with E-state index in [-0.39, 0.29) is 0 Å². The number of pyridine rings is 1. The molecule has 4 nitrogen and oxygen atoms in total. The Balaban J connectivity index is 1.71. The number of nitrogens with one attached hydrogen (secondary N) is 1. The Bertz CT molecular complexity index is 719. The van der Waals surface area contributed by atoms with Gasteiger partial charge in [-0.25, -0.2) is 9.97 Å². The fourth-order valence-corrected chi connectivity index (χ4v) is 2.24. The molecule has 0 spiro atoms. The van der Waals surface area contributed by atoms with Crippen molar-refractivity contribution >= 4 is 10.9 Å². The van der Waals surface area contributed by atoms with Crippen LogP contribution in [0, 0.1) is 6.92 Å². The Morgan fingerprint density at radius 3 is 2.75 bits per heavy atom. The molecule has 0 saturated heterocycles. The van der Waals surface area contributed by atoms with Crippen LogP contribution in [0.25, 0.3) is 10.9 Å². The minimum atomic E-state index is 0.729. The number of hydrogen-bond acceptors (Lipinski definition) is 4. The molecule has 0 atom stereocenters. The first-order chi connectivity index (χ1) is 9.83. The summed E-state index contributed by atoms with van der Waals surface area (Å²) in [5, 5.41) is 4.58. The van der Waals surface area contributed by atoms with Crippen LogP contribution in [0.5, 0.6) is 0 Å². The number of benzene rings is 1. The summed E-state index contributed by atoms with van der Waals surface area (Å²) >= 11 is 0. The van der Waals surface area contributed by atoms with E-state index in [1.165, 1.54) is 10.9 Å². The van der Waals surface area contributed by atoms with Crippen molar-refractivity contribution in [2.45, 2.75) is 20.0 Å². The van der Waals surface area contributed by atoms with Crippen molar-refractivity contribution in [2.75, 3.05) is 0 Å². The zero-order valence-electron chi connectivity index (χ0n) is 11.4. The lowest BCUT2D eigenvalue weighted by Gasteiger charge is -2.07. The molecular weight excluding hydrogens is 248 g/mol. The Morgan fingerprint density at radius 2 is 1.85 bits per heavy atom. The van der Waals surface area contributed by atoms with Crippen LogP contribution in [0.1, 0.15) is 17.1 Å². The first kappa shape index (κ1) is 12.7. The Hall–Kier alpha value is -2.33. The second-order valence-electron chi connectivity index (χ2n) is 4.69. The molecular formula is C16H16N4. The summed E-state index contributed by atoms with van der Waals surface area (Å²) < 4.78 is 0. The van der Waals surface area contributed by atoms with Crippen LogP contribution in [-0.2, 0) is 13.1 Å². The summed E-state index contributed by atoms with van der Waals surface area (Å²) in [5.41, 5.74) is 3.26. The number of aromatic nitrogens is 3. The van der Waals surface area contributed by atoms with Gasteiger partial charge in [-0.1, -0.05) is 24.3 Å². The van der Waals surface area contributed by atoms with Gasteiger partial charge in [-0.05, 0) is 24.6 Å². The van der Waals surface area contributed by atoms with Crippen molar-refractivity contribution in [2.24, 2.45) is 0 Å². The van der Waals surface area contributed by atoms with E-state index in [2.05, 4.69) is 44.5 Å². The molecule has 0 unspecified atom stereocenters. The molecule has 1 N–H and O–H groups in total. The zero-order valence-corrected chi connectivity index (χ0v) is 11.4. The smallest absolute Gasteiger partial charge is 0.125 e. The van der Waals surface area contributed by atoms with Gasteiger partial charge in [0.2, 0.25) is 0 Å². The van der Waals surface area contributed by atoms with Crippen LogP contribution in [0.15, 0.2) is 48.8 Å². The number of fused-ring (bicyclic) bond motifs is 1. The van der Waals surface area contributed by atoms with Crippen molar-refractivity contribution in [1.29, 1.82) is 0 Å². The fourth-order valence-electron chi connectivity index (χ4n) is 2.24. The number of nitrogens with zero attached hydrogens (tertiary/aromatic N) is 3. The maximum atomic E-state index is 4.46. The van der Waals surface area contributed by atoms with Gasteiger partial charge in [0.05, 0.1) is 11.2 Å². The second kappa shape index (κ2) is 5.75. The molecule has 2 aromatic heterocycles. The molecule has 0 amide bonds. The van der Waals surface area contributed by atoms with Crippen LogP contribution >= 0.6 is 0 Å². The Kier molecular flexibility index (Phi) is 3.65. The lowest BCUT2D eigenvalue weighted by Crippen LogP contribution is -2.14. The third kappa shape index (κ3) is 2.81. The van der Waals surface area contributed by atoms with E-state index in [4.69, 9.17) is 0 Å². The highest BCUT2D eigenvalue weighted by Gasteiger charge is 2.02. The van der Waals surface area contributed by atoms with Gasteiger partial charge in [-0.3, -0.25) is 4.98 Å². The van der Waals surface area contributed by atoms with Crippen molar-refractivity contribution in [3.05, 3.63) is 65.9 Å². The SMILES string of the molecule is Cc1nccc(CNCc2cccc3cccnc23)n1. The average molecular weight is 264 g/mol. The standard InChI is InChI=1S/C16H16N4/c1-12-18-9-7-15(20-12)11-17-10-14-5-2-4-13-6-3-8-19-16(13)14/h2-9,17H,10-11H2,1H3. The lowest BCUT2D eigenvalue weighted by molar-refractivity contribution is 0.677. The van der Waals surface area contributed by atoms with Gasteiger partial charge in [-0.15, -0.1) is 0 Å². The first-order valence-electron chi connectivity index (χ1n) is 6.65. The van der Waals surface area contributed by atoms with Crippen LogP contribution in [0.3, 0.4) is 0 Å². The zero-order chi connectivity index (χ0) is 13.8. The van der Waals surface area contributed by atoms with Gasteiger partial charge >= 0.3 is 0 Å². The number of para-hydroxylation sites is 1. The quantitative estimate of drug-likeness (QED) is 0.787. The highest BCUT2D eigenvalue weighted by molar-refractivity contribution is 5.81. The lowest BCUT2D eigenvalue weighted by atomic mass is 10.1. The van der Waals surface area contributed by atoms with E-state index in [1.54, 1.807) is 6.20 Å². The van der Waals surface area contributed by atoms with Gasteiger partial charge in [0.15, 0.2) is 0 Å². The second-order valence-corrected chi connectivity index (χ2v) is 4.69. The van der Waals surface area contributed by atoms with Gasteiger partial charge in [0.25, 0.3) is 0 Å². The largest absolute Gasteiger partial charge is 0.307 e. The summed E-state index contributed by atoms with van der Waals surface area (Å²) in [6.07, 6.45) is 3.62. The summed E-state index contributed by atoms with van der Waals surface area (Å²) in [6, 6.07) is 12.2. The van der Waals surface area contributed by atoms with E-state index >= 15 is 0 Å². The van der Waals surface area contributed by atoms with Crippen molar-refractivity contribution in [1.82, 2.24) is 20.3 Å². The minimum Gasteiger partial charge on any atom is -0.307 e. The molecule has 0 aliphatic carbocycles. The monoisotopic (exact) mass is 264 g/mol. The molecule has 3 aromatic rings. The molecule has 1 aromatic carbocycles. The van der Waals surface area contributed by atoms with Gasteiger partial charge < -0.3 is 5.32 Å². The number of hydrogen-bond donors (Lipinski definition) is 1. The highest BCUT2D eigenvalue weighted by atomic mass is 14.9. The van der Waals surface area contributed by atoms with Crippen LogP contribution in [0.2, 0.25) is 0 Å². The summed E-state index contributed by atoms with van der Waals surface area (Å²) in [7, 11) is 0. The molecule has 20 heavy (non-hydrogen) atoms. The molecule has 4 heteroatoms. The van der Waals surface area contributed by atoms with Crippen molar-refractivity contribution in [3.8, 4) is 0 Å². The fraction of sp³-hybridized carbons (Fsp3) is 0.188. The summed E-state index contributed by atoms with van der Waals surface area (Å²) in [4.78, 5) is 12.9. The molecule has 0 aliphatic rings. The van der Waals surface area contributed by atoms with Gasteiger partial charge in [0, 0.05) is 30.9 Å². The topological polar surface area (TPSA) is 50.7 Å². The summed E-state index contributed by atoms with van der Waals surface area (Å²) in [6.45, 7) is 3.40. The first-order valence-corrected chi connectivity index (χ1v) is 6.65. The summed E-state index contributed by atoms with van der Waals surface area (Å²) in [5.74, 6) is 0.802. The maximum Gasteiger partial charge on any atom is 0.125 e. The average Bonchev–Trinajstić information content (AvgIpc) is 2.48. The normalized spacial score (nSPS) is 10.8. The third-order valence-corrected chi connectivity index (χ3v) is 3.17. The number of aryl methyl sites for hydroxylation is 1. The van der Waals surface area contributed by atoms with Crippen LogP contribution in [0.4, 0.5) is 0 Å². The number of rotatable bonds is 4. The van der Waals surface area contributed by atoms with E-state index in [1.807, 2.05) is 25.3 Å². The van der Waals surface area contributed by atoms with Crippen molar-refractivity contribution in [3.63, 3.8) is 0 Å². The van der Waals surface area contributed by atoms with E-state index in [9.17, 15) is 0 Å². The molecule has 100 valence electrons. The highest BCUT2D eigenvalue weighted by Crippen LogP contribution is 2.15. The van der Waals surface area contributed by atoms with Crippen molar-refractivity contribution < 1.29 is 0 Å². The molecule has 0 saturated carbocycles. The molecule has 0 radical (unpaired) electrons. The Morgan fingerprint density at radius 1 is 0.950 bits per heavy atom. The molecule has 3 rings (SSSR count). The minimum absolute atomic E-state index is 0.729. The van der Waals surface area contributed by atoms with Gasteiger partial charge in [0.1, 0.15) is 5.82 Å². The predicted octanol–water partition coefficient (Wildman–Crippen LogP) is 2.62. The molecule has 2 heterocycles.